The first kappa shape index (κ1) is 20.9. The molecule has 148 valence electrons. The Morgan fingerprint density at radius 1 is 1.21 bits per heavy atom. The molecule has 0 aromatic heterocycles. The van der Waals surface area contributed by atoms with Crippen LogP contribution in [0.3, 0.4) is 0 Å². The fourth-order valence-corrected chi connectivity index (χ4v) is 4.53. The maximum Gasteiger partial charge on any atom is 0.290 e. The summed E-state index contributed by atoms with van der Waals surface area (Å²) in [6, 6.07) is 8.32. The zero-order chi connectivity index (χ0) is 21.1. The largest absolute Gasteiger partial charge is 0.497 e. The van der Waals surface area contributed by atoms with E-state index in [2.05, 4.69) is 4.99 Å². The normalized spacial score (nSPS) is 13.1. The summed E-state index contributed by atoms with van der Waals surface area (Å²) >= 11 is 0. The molecule has 1 aliphatic rings. The lowest BCUT2D eigenvalue weighted by molar-refractivity contribution is -0.122. The van der Waals surface area contributed by atoms with Gasteiger partial charge in [0, 0.05) is 11.1 Å². The average molecular weight is 405 g/mol. The summed E-state index contributed by atoms with van der Waals surface area (Å²) in [6.45, 7) is 1.46. The molecule has 5 N–H and O–H groups in total. The number of carbonyl (C=O) groups excluding carboxylic acids is 1. The van der Waals surface area contributed by atoms with Gasteiger partial charge in [0.25, 0.3) is 12.4 Å². The van der Waals surface area contributed by atoms with Gasteiger partial charge in [0.1, 0.15) is 5.75 Å². The molecule has 0 bridgehead atoms. The van der Waals surface area contributed by atoms with E-state index < -0.39 is 15.7 Å². The van der Waals surface area contributed by atoms with E-state index in [0.29, 0.717) is 22.4 Å². The highest BCUT2D eigenvalue weighted by Crippen LogP contribution is 2.40. The number of methoxy groups -OCH3 is 1. The molecule has 1 heterocycles. The number of hydrogen-bond acceptors (Lipinski definition) is 5. The van der Waals surface area contributed by atoms with Gasteiger partial charge in [0.2, 0.25) is 0 Å². The zero-order valence-corrected chi connectivity index (χ0v) is 16.0. The topological polar surface area (TPSA) is 162 Å². The van der Waals surface area contributed by atoms with Crippen molar-refractivity contribution in [1.82, 2.24) is 0 Å². The summed E-state index contributed by atoms with van der Waals surface area (Å²) in [6.07, 6.45) is 0. The fourth-order valence-electron chi connectivity index (χ4n) is 2.93. The van der Waals surface area contributed by atoms with Gasteiger partial charge in [-0.25, -0.2) is 8.42 Å². The van der Waals surface area contributed by atoms with Crippen LogP contribution in [0.1, 0.15) is 21.5 Å². The number of amides is 1. The molecule has 28 heavy (non-hydrogen) atoms. The lowest BCUT2D eigenvalue weighted by atomic mass is 9.95. The molecule has 1 amide bonds. The number of guanidine groups is 1. The minimum absolute atomic E-state index is 0.102. The van der Waals surface area contributed by atoms with Crippen molar-refractivity contribution < 1.29 is 27.9 Å². The highest BCUT2D eigenvalue weighted by atomic mass is 32.2. The summed E-state index contributed by atoms with van der Waals surface area (Å²) in [5, 5.41) is 6.89. The maximum absolute atomic E-state index is 12.7. The zero-order valence-electron chi connectivity index (χ0n) is 15.2. The first-order valence-electron chi connectivity index (χ1n) is 7.91. The van der Waals surface area contributed by atoms with Crippen molar-refractivity contribution in [1.29, 1.82) is 0 Å². The quantitative estimate of drug-likeness (QED) is 0.379. The molecule has 1 aliphatic heterocycles. The summed E-state index contributed by atoms with van der Waals surface area (Å²) in [5.74, 6) is -0.613. The van der Waals surface area contributed by atoms with E-state index in [0.717, 1.165) is 5.56 Å². The Labute approximate surface area is 161 Å². The Hall–Kier alpha value is -3.40. The minimum atomic E-state index is -3.60. The first-order valence-corrected chi connectivity index (χ1v) is 9.56. The third-order valence-electron chi connectivity index (χ3n) is 4.07. The Morgan fingerprint density at radius 3 is 2.43 bits per heavy atom. The molecule has 0 radical (unpaired) electrons. The predicted molar refractivity (Wildman–Crippen MR) is 103 cm³/mol. The van der Waals surface area contributed by atoms with Crippen LogP contribution in [0.4, 0.5) is 0 Å². The summed E-state index contributed by atoms with van der Waals surface area (Å²) in [4.78, 5) is 24.1. The Bertz CT molecular complexity index is 1070. The van der Waals surface area contributed by atoms with Gasteiger partial charge in [0.15, 0.2) is 15.8 Å². The number of sulfone groups is 1. The molecular weight excluding hydrogens is 386 g/mol. The van der Waals surface area contributed by atoms with Crippen LogP contribution in [0.2, 0.25) is 0 Å². The number of carbonyl (C=O) groups is 2. The Morgan fingerprint density at radius 2 is 1.86 bits per heavy atom. The second kappa shape index (κ2) is 8.09. The van der Waals surface area contributed by atoms with E-state index in [1.54, 1.807) is 25.1 Å². The van der Waals surface area contributed by atoms with Crippen LogP contribution in [0.5, 0.6) is 5.75 Å². The van der Waals surface area contributed by atoms with E-state index in [-0.39, 0.29) is 28.6 Å². The van der Waals surface area contributed by atoms with Crippen LogP contribution in [0, 0.1) is 6.92 Å². The highest BCUT2D eigenvalue weighted by Gasteiger charge is 2.30. The van der Waals surface area contributed by atoms with Crippen LogP contribution >= 0.6 is 0 Å². The third kappa shape index (κ3) is 4.12. The molecule has 0 atom stereocenters. The molecule has 0 saturated carbocycles. The van der Waals surface area contributed by atoms with Crippen molar-refractivity contribution >= 4 is 28.2 Å². The minimum Gasteiger partial charge on any atom is -0.497 e. The molecule has 10 heteroatoms. The number of fused-ring (bicyclic) bond motifs is 3. The molecule has 3 rings (SSSR count). The number of benzene rings is 2. The molecular formula is C18H19N3O6S. The van der Waals surface area contributed by atoms with E-state index in [1.807, 2.05) is 6.07 Å². The molecule has 0 fully saturated rings. The smallest absolute Gasteiger partial charge is 0.290 e. The van der Waals surface area contributed by atoms with E-state index in [4.69, 9.17) is 26.1 Å². The monoisotopic (exact) mass is 405 g/mol. The predicted octanol–water partition coefficient (Wildman–Crippen LogP) is 1.07. The third-order valence-corrected chi connectivity index (χ3v) is 5.77. The van der Waals surface area contributed by atoms with Crippen molar-refractivity contribution in [2.75, 3.05) is 7.11 Å². The van der Waals surface area contributed by atoms with Crippen LogP contribution in [0.25, 0.3) is 11.1 Å². The van der Waals surface area contributed by atoms with Gasteiger partial charge >= 0.3 is 0 Å². The second-order valence-electron chi connectivity index (χ2n) is 5.89. The molecule has 2 aromatic rings. The number of aryl methyl sites for hydroxylation is 1. The molecule has 0 unspecified atom stereocenters. The number of hydrogen-bond donors (Lipinski definition) is 3. The summed E-state index contributed by atoms with van der Waals surface area (Å²) in [7, 11) is -2.07. The van der Waals surface area contributed by atoms with Gasteiger partial charge < -0.3 is 21.3 Å². The Balaban J connectivity index is 0.000000878. The SMILES string of the molecule is COc1ccc2c(c1)CS(=O)(=O)c1cc(C(=O)N=C(N)N)c(C)cc1-2.O=CO. The number of aliphatic imine (C=N–C) groups is 1. The highest BCUT2D eigenvalue weighted by molar-refractivity contribution is 7.90. The number of rotatable bonds is 2. The molecule has 0 aliphatic carbocycles. The van der Waals surface area contributed by atoms with Gasteiger partial charge in [-0.3, -0.25) is 9.59 Å². The lowest BCUT2D eigenvalue weighted by Crippen LogP contribution is -2.24. The van der Waals surface area contributed by atoms with E-state index in [1.165, 1.54) is 13.2 Å². The van der Waals surface area contributed by atoms with Crippen molar-refractivity contribution in [3.8, 4) is 16.9 Å². The van der Waals surface area contributed by atoms with Gasteiger partial charge in [-0.2, -0.15) is 4.99 Å². The molecule has 2 aromatic carbocycles. The summed E-state index contributed by atoms with van der Waals surface area (Å²) in [5.41, 5.74) is 13.2. The molecule has 0 saturated heterocycles. The lowest BCUT2D eigenvalue weighted by Gasteiger charge is -2.22. The fraction of sp³-hybridized carbons (Fsp3) is 0.167. The van der Waals surface area contributed by atoms with Gasteiger partial charge in [-0.05, 0) is 47.9 Å². The second-order valence-corrected chi connectivity index (χ2v) is 7.85. The van der Waals surface area contributed by atoms with Crippen molar-refractivity contribution in [3.63, 3.8) is 0 Å². The average Bonchev–Trinajstić information content (AvgIpc) is 2.60. The van der Waals surface area contributed by atoms with Crippen molar-refractivity contribution in [2.24, 2.45) is 16.5 Å². The van der Waals surface area contributed by atoms with Crippen LogP contribution in [0.15, 0.2) is 40.2 Å². The number of carboxylic acid groups (broad SMARTS) is 1. The van der Waals surface area contributed by atoms with Crippen LogP contribution < -0.4 is 16.2 Å². The van der Waals surface area contributed by atoms with Gasteiger partial charge in [-0.15, -0.1) is 0 Å². The van der Waals surface area contributed by atoms with E-state index >= 15 is 0 Å². The standard InChI is InChI=1S/C17H17N3O4S.CH2O2/c1-9-5-14-12-4-3-11(24-2)6-10(12)8-25(22,23)15(14)7-13(9)16(21)20-17(18)19;2-1-3/h3-7H,8H2,1-2H3,(H4,18,19,20,21);1H,(H,2,3). The Kier molecular flexibility index (Phi) is 6.04. The maximum atomic E-state index is 12.7. The number of nitrogens with two attached hydrogens (primary N) is 2. The van der Waals surface area contributed by atoms with Crippen molar-refractivity contribution in [3.05, 3.63) is 47.0 Å². The number of ether oxygens (including phenoxy) is 1. The molecule has 9 nitrogen and oxygen atoms in total. The van der Waals surface area contributed by atoms with Crippen molar-refractivity contribution in [2.45, 2.75) is 17.6 Å². The first-order chi connectivity index (χ1) is 13.1. The van der Waals surface area contributed by atoms with E-state index in [9.17, 15) is 13.2 Å². The number of nitrogens with zero attached hydrogens (tertiary/aromatic N) is 1. The molecule has 0 spiro atoms. The van der Waals surface area contributed by atoms with Gasteiger partial charge in [-0.1, -0.05) is 6.07 Å². The van der Waals surface area contributed by atoms with Gasteiger partial charge in [0.05, 0.1) is 17.8 Å². The van der Waals surface area contributed by atoms with Crippen LogP contribution in [-0.2, 0) is 20.4 Å². The van der Waals surface area contributed by atoms with Crippen LogP contribution in [-0.4, -0.2) is 39.0 Å². The summed E-state index contributed by atoms with van der Waals surface area (Å²) < 4.78 is 30.6.